The van der Waals surface area contributed by atoms with Crippen molar-refractivity contribution in [1.82, 2.24) is 0 Å². The van der Waals surface area contributed by atoms with Gasteiger partial charge in [0, 0.05) is 26.6 Å². The SMILES string of the molecule is O=[N+]([O-])c1ccc(S(=O)(=O)N(C(=Nc2ccc(Br)cc2)c2cccc3ccccc23)c2ccc(Br)cc2)cc1. The quantitative estimate of drug-likeness (QED) is 0.0791. The molecule has 0 bridgehead atoms. The molecule has 10 heteroatoms. The van der Waals surface area contributed by atoms with Crippen LogP contribution in [0.4, 0.5) is 17.1 Å². The summed E-state index contributed by atoms with van der Waals surface area (Å²) in [5.74, 6) is 0.176. The second kappa shape index (κ2) is 11.1. The minimum Gasteiger partial charge on any atom is -0.258 e. The average Bonchev–Trinajstić information content (AvgIpc) is 2.94. The summed E-state index contributed by atoms with van der Waals surface area (Å²) in [7, 11) is -4.30. The van der Waals surface area contributed by atoms with Gasteiger partial charge in [-0.05, 0) is 71.4 Å². The fraction of sp³-hybridized carbons (Fsp3) is 0. The summed E-state index contributed by atoms with van der Waals surface area (Å²) in [5.41, 5.74) is 1.29. The number of hydrogen-bond donors (Lipinski definition) is 0. The predicted molar refractivity (Wildman–Crippen MR) is 161 cm³/mol. The maximum atomic E-state index is 14.4. The number of nitro groups is 1. The molecular formula is C29H19Br2N3O4S. The van der Waals surface area contributed by atoms with Crippen molar-refractivity contribution in [3.8, 4) is 0 Å². The number of rotatable bonds is 6. The maximum Gasteiger partial charge on any atom is 0.269 e. The van der Waals surface area contributed by atoms with E-state index in [0.717, 1.165) is 19.7 Å². The van der Waals surface area contributed by atoms with Gasteiger partial charge in [0.25, 0.3) is 15.7 Å². The third-order valence-electron chi connectivity index (χ3n) is 5.93. The molecule has 0 amide bonds. The lowest BCUT2D eigenvalue weighted by atomic mass is 10.0. The lowest BCUT2D eigenvalue weighted by Crippen LogP contribution is -2.37. The molecule has 194 valence electrons. The summed E-state index contributed by atoms with van der Waals surface area (Å²) in [4.78, 5) is 15.4. The summed E-state index contributed by atoms with van der Waals surface area (Å²) < 4.78 is 31.5. The highest BCUT2D eigenvalue weighted by atomic mass is 79.9. The van der Waals surface area contributed by atoms with E-state index in [1.54, 1.807) is 36.4 Å². The number of non-ortho nitro benzene ring substituents is 1. The molecule has 0 fully saturated rings. The van der Waals surface area contributed by atoms with Gasteiger partial charge < -0.3 is 0 Å². The number of benzene rings is 5. The zero-order valence-electron chi connectivity index (χ0n) is 20.1. The molecule has 0 unspecified atom stereocenters. The molecule has 0 aromatic heterocycles. The number of fused-ring (bicyclic) bond motifs is 1. The third kappa shape index (κ3) is 5.63. The Morgan fingerprint density at radius 1 is 0.744 bits per heavy atom. The molecule has 5 rings (SSSR count). The van der Waals surface area contributed by atoms with E-state index >= 15 is 0 Å². The van der Waals surface area contributed by atoms with Crippen LogP contribution < -0.4 is 4.31 Å². The largest absolute Gasteiger partial charge is 0.269 e. The zero-order valence-corrected chi connectivity index (χ0v) is 24.1. The van der Waals surface area contributed by atoms with Crippen LogP contribution in [0.1, 0.15) is 5.56 Å². The lowest BCUT2D eigenvalue weighted by Gasteiger charge is -2.27. The van der Waals surface area contributed by atoms with Gasteiger partial charge in [0.05, 0.1) is 21.2 Å². The van der Waals surface area contributed by atoms with Crippen molar-refractivity contribution < 1.29 is 13.3 Å². The van der Waals surface area contributed by atoms with Gasteiger partial charge in [-0.3, -0.25) is 10.1 Å². The van der Waals surface area contributed by atoms with Gasteiger partial charge >= 0.3 is 0 Å². The molecule has 0 aliphatic rings. The number of sulfonamides is 1. The molecule has 39 heavy (non-hydrogen) atoms. The topological polar surface area (TPSA) is 92.9 Å². The van der Waals surface area contributed by atoms with Crippen molar-refractivity contribution in [2.45, 2.75) is 4.90 Å². The first-order valence-corrected chi connectivity index (χ1v) is 14.6. The number of amidine groups is 1. The molecule has 5 aromatic rings. The van der Waals surface area contributed by atoms with Crippen molar-refractivity contribution in [3.05, 3.63) is 140 Å². The fourth-order valence-corrected chi connectivity index (χ4v) is 6.06. The minimum atomic E-state index is -4.30. The van der Waals surface area contributed by atoms with Crippen LogP contribution in [0.2, 0.25) is 0 Å². The van der Waals surface area contributed by atoms with Crippen LogP contribution in [0.5, 0.6) is 0 Å². The number of nitrogens with zero attached hydrogens (tertiary/aromatic N) is 3. The van der Waals surface area contributed by atoms with Gasteiger partial charge in [0.15, 0.2) is 5.84 Å². The summed E-state index contributed by atoms with van der Waals surface area (Å²) in [6.07, 6.45) is 0. The molecule has 5 aromatic carbocycles. The van der Waals surface area contributed by atoms with Gasteiger partial charge in [0.2, 0.25) is 0 Å². The molecule has 0 saturated heterocycles. The number of hydrogen-bond acceptors (Lipinski definition) is 5. The summed E-state index contributed by atoms with van der Waals surface area (Å²) in [5, 5.41) is 12.9. The Bertz CT molecular complexity index is 1800. The van der Waals surface area contributed by atoms with E-state index in [9.17, 15) is 18.5 Å². The van der Waals surface area contributed by atoms with Crippen LogP contribution in [-0.2, 0) is 10.0 Å². The van der Waals surface area contributed by atoms with Crippen LogP contribution in [0, 0.1) is 10.1 Å². The Balaban J connectivity index is 1.82. The fourth-order valence-electron chi connectivity index (χ4n) is 4.07. The molecular weight excluding hydrogens is 646 g/mol. The molecule has 0 spiro atoms. The summed E-state index contributed by atoms with van der Waals surface area (Å²) in [6.45, 7) is 0. The van der Waals surface area contributed by atoms with Gasteiger partial charge in [-0.25, -0.2) is 17.7 Å². The van der Waals surface area contributed by atoms with Crippen LogP contribution >= 0.6 is 31.9 Å². The first kappa shape index (κ1) is 26.7. The van der Waals surface area contributed by atoms with Crippen LogP contribution in [0.15, 0.2) is 134 Å². The second-order valence-electron chi connectivity index (χ2n) is 8.44. The van der Waals surface area contributed by atoms with Gasteiger partial charge in [-0.2, -0.15) is 0 Å². The van der Waals surface area contributed by atoms with E-state index in [1.807, 2.05) is 54.6 Å². The summed E-state index contributed by atoms with van der Waals surface area (Å²) >= 11 is 6.85. The first-order chi connectivity index (χ1) is 18.7. The number of halogens is 2. The molecule has 0 aliphatic heterocycles. The summed E-state index contributed by atoms with van der Waals surface area (Å²) in [6, 6.07) is 32.2. The molecule has 0 saturated carbocycles. The number of anilines is 1. The molecule has 0 heterocycles. The lowest BCUT2D eigenvalue weighted by molar-refractivity contribution is -0.384. The highest BCUT2D eigenvalue weighted by molar-refractivity contribution is 9.10. The average molecular weight is 665 g/mol. The third-order valence-corrected chi connectivity index (χ3v) is 8.72. The maximum absolute atomic E-state index is 14.4. The van der Waals surface area contributed by atoms with Crippen molar-refractivity contribution in [2.24, 2.45) is 4.99 Å². The normalized spacial score (nSPS) is 11.9. The molecule has 0 atom stereocenters. The Labute approximate surface area is 241 Å². The van der Waals surface area contributed by atoms with E-state index in [2.05, 4.69) is 31.9 Å². The Kier molecular flexibility index (Phi) is 7.60. The van der Waals surface area contributed by atoms with Gasteiger partial charge in [0.1, 0.15) is 0 Å². The van der Waals surface area contributed by atoms with Gasteiger partial charge in [-0.1, -0.05) is 74.3 Å². The molecule has 7 nitrogen and oxygen atoms in total. The highest BCUT2D eigenvalue weighted by Crippen LogP contribution is 2.32. The highest BCUT2D eigenvalue weighted by Gasteiger charge is 2.32. The first-order valence-electron chi connectivity index (χ1n) is 11.6. The van der Waals surface area contributed by atoms with E-state index in [0.29, 0.717) is 16.9 Å². The van der Waals surface area contributed by atoms with Gasteiger partial charge in [-0.15, -0.1) is 0 Å². The molecule has 0 aliphatic carbocycles. The van der Waals surface area contributed by atoms with Crippen LogP contribution in [0.3, 0.4) is 0 Å². The minimum absolute atomic E-state index is 0.111. The van der Waals surface area contributed by atoms with E-state index in [1.165, 1.54) is 28.6 Å². The van der Waals surface area contributed by atoms with Crippen LogP contribution in [-0.4, -0.2) is 19.2 Å². The van der Waals surface area contributed by atoms with Crippen LogP contribution in [0.25, 0.3) is 10.8 Å². The Hall–Kier alpha value is -3.86. The Morgan fingerprint density at radius 3 is 1.97 bits per heavy atom. The van der Waals surface area contributed by atoms with E-state index in [4.69, 9.17) is 4.99 Å². The number of aliphatic imine (C=N–C) groups is 1. The van der Waals surface area contributed by atoms with Crippen molar-refractivity contribution >= 4 is 75.6 Å². The predicted octanol–water partition coefficient (Wildman–Crippen LogP) is 8.25. The van der Waals surface area contributed by atoms with Crippen molar-refractivity contribution in [3.63, 3.8) is 0 Å². The molecule has 0 N–H and O–H groups in total. The second-order valence-corrected chi connectivity index (χ2v) is 12.1. The molecule has 0 radical (unpaired) electrons. The van der Waals surface area contributed by atoms with E-state index < -0.39 is 14.9 Å². The Morgan fingerprint density at radius 2 is 1.33 bits per heavy atom. The zero-order chi connectivity index (χ0) is 27.6. The van der Waals surface area contributed by atoms with Crippen molar-refractivity contribution in [2.75, 3.05) is 4.31 Å². The van der Waals surface area contributed by atoms with Crippen molar-refractivity contribution in [1.29, 1.82) is 0 Å². The standard InChI is InChI=1S/C29H19Br2N3O4S/c30-21-8-12-23(13-9-21)32-29(28-7-3-5-20-4-1-2-6-27(20)28)33(24-14-10-22(31)11-15-24)39(37,38)26-18-16-25(17-19-26)34(35)36/h1-19H. The smallest absolute Gasteiger partial charge is 0.258 e. The number of nitro benzene ring substituents is 1. The monoisotopic (exact) mass is 663 g/mol. The van der Waals surface area contributed by atoms with E-state index in [-0.39, 0.29) is 16.4 Å².